The quantitative estimate of drug-likeness (QED) is 0.326. The molecule has 5 rings (SSSR count). The third-order valence-corrected chi connectivity index (χ3v) is 6.28. The van der Waals surface area contributed by atoms with Crippen LogP contribution < -0.4 is 14.4 Å². The summed E-state index contributed by atoms with van der Waals surface area (Å²) in [5.41, 5.74) is 1.96. The van der Waals surface area contributed by atoms with E-state index in [4.69, 9.17) is 13.9 Å². The number of ether oxygens (including phenoxy) is 2. The molecule has 3 heterocycles. The molecule has 1 fully saturated rings. The highest BCUT2D eigenvalue weighted by Gasteiger charge is 2.46. The van der Waals surface area contributed by atoms with Gasteiger partial charge in [-0.2, -0.15) is 0 Å². The highest BCUT2D eigenvalue weighted by molar-refractivity contribution is 6.46. The fourth-order valence-electron chi connectivity index (χ4n) is 4.53. The number of hydrogen-bond donors (Lipinski definition) is 1. The van der Waals surface area contributed by atoms with Crippen LogP contribution in [0.15, 0.2) is 70.9 Å². The summed E-state index contributed by atoms with van der Waals surface area (Å²) in [7, 11) is 1.94. The Bertz CT molecular complexity index is 1280. The number of likely N-dealkylation sites (tertiary alicyclic amines) is 1. The van der Waals surface area contributed by atoms with Crippen molar-refractivity contribution in [2.75, 3.05) is 31.7 Å². The molecule has 1 unspecified atom stereocenters. The summed E-state index contributed by atoms with van der Waals surface area (Å²) in [5, 5.41) is 11.4. The fraction of sp³-hybridized carbons (Fsp3) is 0.259. The van der Waals surface area contributed by atoms with E-state index in [1.54, 1.807) is 54.6 Å². The molecular weight excluding hydrogens is 448 g/mol. The van der Waals surface area contributed by atoms with Crippen LogP contribution in [-0.2, 0) is 16.1 Å². The molecule has 2 aliphatic rings. The van der Waals surface area contributed by atoms with Crippen LogP contribution in [-0.4, -0.2) is 48.5 Å². The molecule has 35 heavy (non-hydrogen) atoms. The number of rotatable bonds is 6. The van der Waals surface area contributed by atoms with Crippen molar-refractivity contribution < 1.29 is 28.6 Å². The topological polar surface area (TPSA) is 92.5 Å². The Morgan fingerprint density at radius 3 is 2.66 bits per heavy atom. The second-order valence-corrected chi connectivity index (χ2v) is 8.46. The molecule has 2 aromatic carbocycles. The standard InChI is InChI=1S/C27H26N2O6/c1-3-33-19-9-6-17(7-10-19)24-23(26(31)27(32)29(24)16-20-5-4-13-34-20)25(30)18-8-11-22-21(15-18)28(2)12-14-35-22/h4-11,13,15,24,30H,3,12,14,16H2,1-2H3/b25-23-. The van der Waals surface area contributed by atoms with Gasteiger partial charge >= 0.3 is 0 Å². The number of nitrogens with zero attached hydrogens (tertiary/aromatic N) is 2. The van der Waals surface area contributed by atoms with E-state index in [1.165, 1.54) is 11.2 Å². The normalized spacial score (nSPS) is 19.0. The van der Waals surface area contributed by atoms with Crippen molar-refractivity contribution >= 4 is 23.1 Å². The summed E-state index contributed by atoms with van der Waals surface area (Å²) in [6.07, 6.45) is 1.52. The fourth-order valence-corrected chi connectivity index (χ4v) is 4.53. The predicted molar refractivity (Wildman–Crippen MR) is 129 cm³/mol. The van der Waals surface area contributed by atoms with Gasteiger partial charge in [-0.15, -0.1) is 0 Å². The number of aliphatic hydroxyl groups excluding tert-OH is 1. The number of hydrogen-bond acceptors (Lipinski definition) is 7. The van der Waals surface area contributed by atoms with Crippen LogP contribution in [0.4, 0.5) is 5.69 Å². The Hall–Kier alpha value is -4.20. The lowest BCUT2D eigenvalue weighted by molar-refractivity contribution is -0.140. The van der Waals surface area contributed by atoms with Crippen LogP contribution in [0, 0.1) is 0 Å². The molecule has 0 bridgehead atoms. The van der Waals surface area contributed by atoms with Gasteiger partial charge in [-0.05, 0) is 55.0 Å². The number of aliphatic hydroxyl groups is 1. The van der Waals surface area contributed by atoms with Crippen molar-refractivity contribution in [2.45, 2.75) is 19.5 Å². The highest BCUT2D eigenvalue weighted by Crippen LogP contribution is 2.42. The molecule has 1 atom stereocenters. The van der Waals surface area contributed by atoms with Crippen molar-refractivity contribution in [1.82, 2.24) is 4.90 Å². The molecule has 1 amide bonds. The average Bonchev–Trinajstić information content (AvgIpc) is 3.47. The van der Waals surface area contributed by atoms with E-state index in [0.717, 1.165) is 5.69 Å². The summed E-state index contributed by atoms with van der Waals surface area (Å²) in [4.78, 5) is 29.9. The SMILES string of the molecule is CCOc1ccc(C2/C(=C(/O)c3ccc4c(c3)N(C)CCO4)C(=O)C(=O)N2Cc2ccco2)cc1. The number of amides is 1. The first kappa shape index (κ1) is 22.6. The van der Waals surface area contributed by atoms with Gasteiger partial charge in [0.1, 0.15) is 29.6 Å². The van der Waals surface area contributed by atoms with Gasteiger partial charge < -0.3 is 28.8 Å². The maximum Gasteiger partial charge on any atom is 0.296 e. The number of benzene rings is 2. The molecule has 0 saturated carbocycles. The highest BCUT2D eigenvalue weighted by atomic mass is 16.5. The number of ketones is 1. The molecule has 1 aromatic heterocycles. The molecule has 0 aliphatic carbocycles. The van der Waals surface area contributed by atoms with Crippen molar-refractivity contribution in [2.24, 2.45) is 0 Å². The molecule has 3 aromatic rings. The average molecular weight is 475 g/mol. The number of carbonyl (C=O) groups excluding carboxylic acids is 2. The first-order valence-corrected chi connectivity index (χ1v) is 11.5. The third kappa shape index (κ3) is 4.12. The summed E-state index contributed by atoms with van der Waals surface area (Å²) < 4.78 is 16.7. The first-order valence-electron chi connectivity index (χ1n) is 11.5. The monoisotopic (exact) mass is 474 g/mol. The lowest BCUT2D eigenvalue weighted by atomic mass is 9.95. The zero-order chi connectivity index (χ0) is 24.5. The van der Waals surface area contributed by atoms with E-state index in [-0.39, 0.29) is 17.9 Å². The van der Waals surface area contributed by atoms with Crippen LogP contribution in [0.3, 0.4) is 0 Å². The summed E-state index contributed by atoms with van der Waals surface area (Å²) in [6, 6.07) is 15.1. The van der Waals surface area contributed by atoms with Crippen LogP contribution in [0.1, 0.15) is 29.9 Å². The Morgan fingerprint density at radius 2 is 1.94 bits per heavy atom. The number of Topliss-reactive ketones (excluding diaryl/α,β-unsaturated/α-hetero) is 1. The van der Waals surface area contributed by atoms with E-state index >= 15 is 0 Å². The predicted octanol–water partition coefficient (Wildman–Crippen LogP) is 4.13. The first-order chi connectivity index (χ1) is 17.0. The Kier molecular flexibility index (Phi) is 5.94. The number of likely N-dealkylation sites (N-methyl/N-ethyl adjacent to an activating group) is 1. The van der Waals surface area contributed by atoms with Gasteiger partial charge in [0.25, 0.3) is 11.7 Å². The van der Waals surface area contributed by atoms with Gasteiger partial charge in [-0.3, -0.25) is 9.59 Å². The second-order valence-electron chi connectivity index (χ2n) is 8.46. The van der Waals surface area contributed by atoms with Crippen LogP contribution >= 0.6 is 0 Å². The van der Waals surface area contributed by atoms with E-state index in [1.807, 2.05) is 18.9 Å². The van der Waals surface area contributed by atoms with Gasteiger partial charge in [-0.25, -0.2) is 0 Å². The molecule has 1 saturated heterocycles. The zero-order valence-electron chi connectivity index (χ0n) is 19.6. The Balaban J connectivity index is 1.62. The maximum atomic E-state index is 13.3. The zero-order valence-corrected chi connectivity index (χ0v) is 19.6. The van der Waals surface area contributed by atoms with E-state index in [0.29, 0.717) is 48.1 Å². The molecule has 8 nitrogen and oxygen atoms in total. The van der Waals surface area contributed by atoms with Gasteiger partial charge in [0.15, 0.2) is 0 Å². The van der Waals surface area contributed by atoms with Crippen molar-refractivity contribution in [3.05, 3.63) is 83.3 Å². The molecule has 2 aliphatic heterocycles. The number of fused-ring (bicyclic) bond motifs is 1. The molecule has 180 valence electrons. The third-order valence-electron chi connectivity index (χ3n) is 6.28. The summed E-state index contributed by atoms with van der Waals surface area (Å²) >= 11 is 0. The molecule has 8 heteroatoms. The lowest BCUT2D eigenvalue weighted by Gasteiger charge is -2.28. The van der Waals surface area contributed by atoms with E-state index in [9.17, 15) is 14.7 Å². The number of furan rings is 1. The Morgan fingerprint density at radius 1 is 1.14 bits per heavy atom. The number of carbonyl (C=O) groups is 2. The van der Waals surface area contributed by atoms with Crippen molar-refractivity contribution in [3.63, 3.8) is 0 Å². The van der Waals surface area contributed by atoms with Crippen LogP contribution in [0.2, 0.25) is 0 Å². The van der Waals surface area contributed by atoms with Gasteiger partial charge in [0.2, 0.25) is 0 Å². The van der Waals surface area contributed by atoms with Gasteiger partial charge in [-0.1, -0.05) is 12.1 Å². The van der Waals surface area contributed by atoms with Gasteiger partial charge in [0, 0.05) is 12.6 Å². The van der Waals surface area contributed by atoms with E-state index < -0.39 is 17.7 Å². The molecular formula is C27H26N2O6. The number of anilines is 1. The minimum atomic E-state index is -0.791. The Labute approximate surface area is 203 Å². The minimum absolute atomic E-state index is 0.0325. The van der Waals surface area contributed by atoms with Gasteiger partial charge in [0.05, 0.1) is 43.3 Å². The maximum absolute atomic E-state index is 13.3. The van der Waals surface area contributed by atoms with Crippen LogP contribution in [0.5, 0.6) is 11.5 Å². The minimum Gasteiger partial charge on any atom is -0.507 e. The summed E-state index contributed by atoms with van der Waals surface area (Å²) in [5.74, 6) is 0.255. The largest absolute Gasteiger partial charge is 0.507 e. The molecule has 0 radical (unpaired) electrons. The van der Waals surface area contributed by atoms with E-state index in [2.05, 4.69) is 0 Å². The second kappa shape index (κ2) is 9.21. The molecule has 0 spiro atoms. The van der Waals surface area contributed by atoms with Crippen LogP contribution in [0.25, 0.3) is 5.76 Å². The van der Waals surface area contributed by atoms with Crippen molar-refractivity contribution in [3.8, 4) is 11.5 Å². The lowest BCUT2D eigenvalue weighted by Crippen LogP contribution is -2.29. The molecule has 1 N–H and O–H groups in total. The van der Waals surface area contributed by atoms with Crippen molar-refractivity contribution in [1.29, 1.82) is 0 Å². The summed E-state index contributed by atoms with van der Waals surface area (Å²) in [6.45, 7) is 3.79. The smallest absolute Gasteiger partial charge is 0.296 e.